The van der Waals surface area contributed by atoms with Crippen LogP contribution < -0.4 is 10.6 Å². The summed E-state index contributed by atoms with van der Waals surface area (Å²) in [4.78, 5) is 20.7. The van der Waals surface area contributed by atoms with Crippen molar-refractivity contribution in [3.8, 4) is 0 Å². The largest absolute Gasteiger partial charge is 0.367 e. The van der Waals surface area contributed by atoms with Crippen molar-refractivity contribution in [2.45, 2.75) is 51.6 Å². The number of hydrogen-bond acceptors (Lipinski definition) is 6. The Kier molecular flexibility index (Phi) is 4.99. The number of hydrogen-bond donors (Lipinski definition) is 2. The van der Waals surface area contributed by atoms with E-state index in [1.165, 1.54) is 11.6 Å². The van der Waals surface area contributed by atoms with E-state index in [0.717, 1.165) is 37.2 Å². The Hall–Kier alpha value is -2.15. The van der Waals surface area contributed by atoms with Gasteiger partial charge < -0.3 is 15.2 Å². The zero-order chi connectivity index (χ0) is 17.1. The number of anilines is 1. The molecule has 1 amide bonds. The van der Waals surface area contributed by atoms with E-state index in [9.17, 15) is 4.79 Å². The molecule has 128 valence electrons. The molecule has 8 heteroatoms. The van der Waals surface area contributed by atoms with Crippen molar-refractivity contribution >= 4 is 23.3 Å². The number of carbonyl (C=O) groups is 1. The minimum Gasteiger partial charge on any atom is -0.367 e. The Labute approximate surface area is 145 Å². The van der Waals surface area contributed by atoms with Gasteiger partial charge in [-0.15, -0.1) is 0 Å². The van der Waals surface area contributed by atoms with E-state index in [0.29, 0.717) is 0 Å². The molecule has 2 unspecified atom stereocenters. The van der Waals surface area contributed by atoms with Crippen molar-refractivity contribution < 1.29 is 9.32 Å². The molecular weight excluding hydrogens is 330 g/mol. The molecule has 0 aliphatic heterocycles. The molecule has 0 saturated heterocycles. The van der Waals surface area contributed by atoms with Crippen molar-refractivity contribution in [1.29, 1.82) is 0 Å². The molecular formula is C16H20ClN5O2. The van der Waals surface area contributed by atoms with Gasteiger partial charge in [0.15, 0.2) is 5.15 Å². The van der Waals surface area contributed by atoms with Gasteiger partial charge in [0.25, 0.3) is 5.91 Å². The molecule has 7 nitrogen and oxygen atoms in total. The van der Waals surface area contributed by atoms with E-state index in [4.69, 9.17) is 16.1 Å². The Bertz CT molecular complexity index is 733. The van der Waals surface area contributed by atoms with Gasteiger partial charge in [-0.1, -0.05) is 16.8 Å². The van der Waals surface area contributed by atoms with Gasteiger partial charge in [0.2, 0.25) is 5.76 Å². The zero-order valence-electron chi connectivity index (χ0n) is 13.7. The van der Waals surface area contributed by atoms with Crippen molar-refractivity contribution in [2.24, 2.45) is 0 Å². The lowest BCUT2D eigenvalue weighted by molar-refractivity contribution is 0.0900. The molecule has 2 aromatic rings. The van der Waals surface area contributed by atoms with Crippen LogP contribution in [0.25, 0.3) is 0 Å². The van der Waals surface area contributed by atoms with E-state index in [1.807, 2.05) is 6.92 Å². The number of carbonyl (C=O) groups excluding carboxylic acids is 1. The summed E-state index contributed by atoms with van der Waals surface area (Å²) in [7, 11) is 0. The van der Waals surface area contributed by atoms with Crippen molar-refractivity contribution in [3.63, 3.8) is 0 Å². The highest BCUT2D eigenvalue weighted by Crippen LogP contribution is 2.25. The zero-order valence-corrected chi connectivity index (χ0v) is 14.4. The Morgan fingerprint density at radius 3 is 2.92 bits per heavy atom. The minimum atomic E-state index is -0.322. The van der Waals surface area contributed by atoms with Crippen LogP contribution in [-0.2, 0) is 12.8 Å². The first-order valence-corrected chi connectivity index (χ1v) is 8.43. The average molecular weight is 350 g/mol. The van der Waals surface area contributed by atoms with E-state index < -0.39 is 0 Å². The summed E-state index contributed by atoms with van der Waals surface area (Å²) in [6.07, 6.45) is 5.52. The van der Waals surface area contributed by atoms with Crippen LogP contribution in [-0.4, -0.2) is 33.1 Å². The standard InChI is InChI=1S/C16H20ClN5O2/c1-9(20-15-11-4-3-5-12(11)18-8-19-15)6-10(2)21-16(23)13-7-14(17)22-24-13/h7-10H,3-6H2,1-2H3,(H,21,23)(H,18,19,20). The molecule has 1 aliphatic rings. The van der Waals surface area contributed by atoms with Crippen LogP contribution in [0.4, 0.5) is 5.82 Å². The van der Waals surface area contributed by atoms with Crippen LogP contribution in [0.5, 0.6) is 0 Å². The lowest BCUT2D eigenvalue weighted by atomic mass is 10.1. The smallest absolute Gasteiger partial charge is 0.290 e. The van der Waals surface area contributed by atoms with Gasteiger partial charge in [-0.05, 0) is 39.5 Å². The lowest BCUT2D eigenvalue weighted by Crippen LogP contribution is -2.36. The Balaban J connectivity index is 1.54. The highest BCUT2D eigenvalue weighted by molar-refractivity contribution is 6.29. The SMILES string of the molecule is CC(CC(C)Nc1ncnc2c1CCC2)NC(=O)c1cc(Cl)no1. The molecule has 2 aromatic heterocycles. The fourth-order valence-electron chi connectivity index (χ4n) is 3.02. The molecule has 2 heterocycles. The highest BCUT2D eigenvalue weighted by atomic mass is 35.5. The van der Waals surface area contributed by atoms with Crippen molar-refractivity contribution in [1.82, 2.24) is 20.4 Å². The van der Waals surface area contributed by atoms with Crippen molar-refractivity contribution in [3.05, 3.63) is 34.6 Å². The molecule has 0 spiro atoms. The van der Waals surface area contributed by atoms with Gasteiger partial charge in [0.1, 0.15) is 12.1 Å². The van der Waals surface area contributed by atoms with E-state index in [2.05, 4.69) is 32.7 Å². The van der Waals surface area contributed by atoms with Gasteiger partial charge in [0, 0.05) is 29.4 Å². The predicted molar refractivity (Wildman–Crippen MR) is 90.2 cm³/mol. The van der Waals surface area contributed by atoms with Gasteiger partial charge >= 0.3 is 0 Å². The summed E-state index contributed by atoms with van der Waals surface area (Å²) < 4.78 is 4.85. The summed E-state index contributed by atoms with van der Waals surface area (Å²) >= 11 is 5.66. The predicted octanol–water partition coefficient (Wildman–Crippen LogP) is 2.62. The number of aryl methyl sites for hydroxylation is 1. The molecule has 2 atom stereocenters. The maximum atomic E-state index is 12.0. The van der Waals surface area contributed by atoms with E-state index >= 15 is 0 Å². The third-order valence-corrected chi connectivity index (χ3v) is 4.23. The summed E-state index contributed by atoms with van der Waals surface area (Å²) in [6, 6.07) is 1.51. The maximum Gasteiger partial charge on any atom is 0.290 e. The third-order valence-electron chi connectivity index (χ3n) is 4.05. The first kappa shape index (κ1) is 16.7. The number of aromatic nitrogens is 3. The molecule has 0 aromatic carbocycles. The molecule has 0 saturated carbocycles. The first-order chi connectivity index (χ1) is 11.5. The number of rotatable bonds is 6. The third kappa shape index (κ3) is 3.84. The van der Waals surface area contributed by atoms with Crippen LogP contribution in [0.2, 0.25) is 5.15 Å². The second-order valence-electron chi connectivity index (χ2n) is 6.17. The van der Waals surface area contributed by atoms with E-state index in [-0.39, 0.29) is 28.9 Å². The second-order valence-corrected chi connectivity index (χ2v) is 6.56. The van der Waals surface area contributed by atoms with Gasteiger partial charge in [-0.3, -0.25) is 4.79 Å². The summed E-state index contributed by atoms with van der Waals surface area (Å²) in [5.41, 5.74) is 2.36. The fourth-order valence-corrected chi connectivity index (χ4v) is 3.15. The highest BCUT2D eigenvalue weighted by Gasteiger charge is 2.20. The molecule has 0 bridgehead atoms. The number of nitrogens with one attached hydrogen (secondary N) is 2. The molecule has 0 radical (unpaired) electrons. The van der Waals surface area contributed by atoms with Gasteiger partial charge in [-0.25, -0.2) is 9.97 Å². The summed E-state index contributed by atoms with van der Waals surface area (Å²) in [6.45, 7) is 4.01. The monoisotopic (exact) mass is 349 g/mol. The molecule has 1 aliphatic carbocycles. The molecule has 24 heavy (non-hydrogen) atoms. The molecule has 3 rings (SSSR count). The molecule has 2 N–H and O–H groups in total. The fraction of sp³-hybridized carbons (Fsp3) is 0.500. The maximum absolute atomic E-state index is 12.0. The van der Waals surface area contributed by atoms with Gasteiger partial charge in [0.05, 0.1) is 0 Å². The van der Waals surface area contributed by atoms with Crippen LogP contribution >= 0.6 is 11.6 Å². The average Bonchev–Trinajstić information content (AvgIpc) is 3.16. The summed E-state index contributed by atoms with van der Waals surface area (Å²) in [5, 5.41) is 9.97. The van der Waals surface area contributed by atoms with Crippen LogP contribution in [0.15, 0.2) is 16.9 Å². The molecule has 0 fully saturated rings. The van der Waals surface area contributed by atoms with Crippen LogP contribution in [0.1, 0.15) is 48.5 Å². The summed E-state index contributed by atoms with van der Waals surface area (Å²) in [5.74, 6) is 0.698. The Morgan fingerprint density at radius 1 is 1.33 bits per heavy atom. The minimum absolute atomic E-state index is 0.0428. The second kappa shape index (κ2) is 7.17. The van der Waals surface area contributed by atoms with E-state index in [1.54, 1.807) is 6.33 Å². The first-order valence-electron chi connectivity index (χ1n) is 8.05. The normalized spacial score (nSPS) is 15.6. The van der Waals surface area contributed by atoms with Crippen molar-refractivity contribution in [2.75, 3.05) is 5.32 Å². The van der Waals surface area contributed by atoms with Crippen LogP contribution in [0, 0.1) is 0 Å². The number of fused-ring (bicyclic) bond motifs is 1. The number of nitrogens with zero attached hydrogens (tertiary/aromatic N) is 3. The number of amides is 1. The Morgan fingerprint density at radius 2 is 2.17 bits per heavy atom. The number of halogens is 1. The topological polar surface area (TPSA) is 92.9 Å². The quantitative estimate of drug-likeness (QED) is 0.832. The van der Waals surface area contributed by atoms with Gasteiger partial charge in [-0.2, -0.15) is 0 Å². The van der Waals surface area contributed by atoms with Crippen LogP contribution in [0.3, 0.4) is 0 Å². The lowest BCUT2D eigenvalue weighted by Gasteiger charge is -2.20.